The van der Waals surface area contributed by atoms with Crippen LogP contribution in [-0.4, -0.2) is 63.7 Å². The van der Waals surface area contributed by atoms with Crippen LogP contribution in [0.1, 0.15) is 5.56 Å². The standard InChI is InChI=1S/C20H22ClN7O/c1-15-2-8-18(9-3-15)28-20(23-24-25-28)27-12-10-26(11-13-27)14-19(29)22-17-6-4-16(21)5-7-17/h2-9H,10-14H2,1H3,(H,22,29). The molecule has 8 nitrogen and oxygen atoms in total. The van der Waals surface area contributed by atoms with Gasteiger partial charge in [-0.25, -0.2) is 0 Å². The zero-order valence-electron chi connectivity index (χ0n) is 16.1. The molecule has 1 N–H and O–H groups in total. The molecule has 29 heavy (non-hydrogen) atoms. The minimum Gasteiger partial charge on any atom is -0.337 e. The van der Waals surface area contributed by atoms with Gasteiger partial charge in [-0.2, -0.15) is 4.68 Å². The average Bonchev–Trinajstić information content (AvgIpc) is 3.21. The summed E-state index contributed by atoms with van der Waals surface area (Å²) in [6, 6.07) is 15.2. The number of piperazine rings is 1. The van der Waals surface area contributed by atoms with E-state index in [0.29, 0.717) is 11.6 Å². The molecule has 1 aromatic heterocycles. The van der Waals surface area contributed by atoms with Crippen LogP contribution in [0.4, 0.5) is 11.6 Å². The van der Waals surface area contributed by atoms with Gasteiger partial charge in [-0.05, 0) is 53.7 Å². The number of nitrogens with zero attached hydrogens (tertiary/aromatic N) is 6. The van der Waals surface area contributed by atoms with Gasteiger partial charge >= 0.3 is 0 Å². The largest absolute Gasteiger partial charge is 0.337 e. The second kappa shape index (κ2) is 8.59. The fraction of sp³-hybridized carbons (Fsp3) is 0.300. The third-order valence-electron chi connectivity index (χ3n) is 4.88. The molecule has 2 heterocycles. The number of aryl methyl sites for hydroxylation is 1. The van der Waals surface area contributed by atoms with Gasteiger partial charge in [-0.3, -0.25) is 9.69 Å². The third-order valence-corrected chi connectivity index (χ3v) is 5.13. The van der Waals surface area contributed by atoms with Crippen LogP contribution in [0.5, 0.6) is 0 Å². The van der Waals surface area contributed by atoms with Crippen molar-refractivity contribution in [3.63, 3.8) is 0 Å². The van der Waals surface area contributed by atoms with E-state index in [-0.39, 0.29) is 5.91 Å². The van der Waals surface area contributed by atoms with E-state index < -0.39 is 0 Å². The Labute approximate surface area is 174 Å². The number of carbonyl (C=O) groups excluding carboxylic acids is 1. The van der Waals surface area contributed by atoms with Crippen LogP contribution in [0, 0.1) is 6.92 Å². The van der Waals surface area contributed by atoms with Gasteiger partial charge in [0.15, 0.2) is 0 Å². The van der Waals surface area contributed by atoms with Crippen LogP contribution in [-0.2, 0) is 4.79 Å². The molecular weight excluding hydrogens is 390 g/mol. The number of rotatable bonds is 5. The Balaban J connectivity index is 1.33. The number of hydrogen-bond acceptors (Lipinski definition) is 6. The van der Waals surface area contributed by atoms with Crippen molar-refractivity contribution in [3.8, 4) is 5.69 Å². The van der Waals surface area contributed by atoms with Crippen LogP contribution >= 0.6 is 11.6 Å². The molecule has 1 amide bonds. The lowest BCUT2D eigenvalue weighted by Gasteiger charge is -2.34. The van der Waals surface area contributed by atoms with E-state index >= 15 is 0 Å². The first kappa shape index (κ1) is 19.4. The van der Waals surface area contributed by atoms with Crippen LogP contribution < -0.4 is 10.2 Å². The molecule has 1 aliphatic heterocycles. The smallest absolute Gasteiger partial charge is 0.250 e. The highest BCUT2D eigenvalue weighted by Gasteiger charge is 2.23. The van der Waals surface area contributed by atoms with Crippen molar-refractivity contribution in [2.24, 2.45) is 0 Å². The van der Waals surface area contributed by atoms with Crippen molar-refractivity contribution in [2.45, 2.75) is 6.92 Å². The lowest BCUT2D eigenvalue weighted by atomic mass is 10.2. The Hall–Kier alpha value is -2.97. The Kier molecular flexibility index (Phi) is 5.73. The highest BCUT2D eigenvalue weighted by Crippen LogP contribution is 2.18. The number of hydrogen-bond donors (Lipinski definition) is 1. The van der Waals surface area contributed by atoms with Crippen molar-refractivity contribution in [2.75, 3.05) is 42.9 Å². The minimum atomic E-state index is -0.0368. The molecule has 1 saturated heterocycles. The summed E-state index contributed by atoms with van der Waals surface area (Å²) in [6.45, 7) is 5.41. The SMILES string of the molecule is Cc1ccc(-n2nnnc2N2CCN(CC(=O)Nc3ccc(Cl)cc3)CC2)cc1. The number of amides is 1. The van der Waals surface area contributed by atoms with E-state index in [1.54, 1.807) is 28.9 Å². The first-order valence-corrected chi connectivity index (χ1v) is 9.84. The van der Waals surface area contributed by atoms with Crippen molar-refractivity contribution in [1.82, 2.24) is 25.1 Å². The summed E-state index contributed by atoms with van der Waals surface area (Å²) in [7, 11) is 0. The highest BCUT2D eigenvalue weighted by atomic mass is 35.5. The van der Waals surface area contributed by atoms with E-state index in [0.717, 1.165) is 43.5 Å². The Morgan fingerprint density at radius 1 is 1.03 bits per heavy atom. The summed E-state index contributed by atoms with van der Waals surface area (Å²) in [4.78, 5) is 16.6. The van der Waals surface area contributed by atoms with Gasteiger partial charge in [0.05, 0.1) is 12.2 Å². The van der Waals surface area contributed by atoms with Crippen molar-refractivity contribution in [3.05, 3.63) is 59.1 Å². The van der Waals surface area contributed by atoms with E-state index in [4.69, 9.17) is 11.6 Å². The zero-order chi connectivity index (χ0) is 20.2. The summed E-state index contributed by atoms with van der Waals surface area (Å²) in [6.07, 6.45) is 0. The number of aromatic nitrogens is 4. The third kappa shape index (κ3) is 4.72. The lowest BCUT2D eigenvalue weighted by molar-refractivity contribution is -0.117. The molecule has 0 unspecified atom stereocenters. The van der Waals surface area contributed by atoms with Crippen molar-refractivity contribution < 1.29 is 4.79 Å². The van der Waals surface area contributed by atoms with E-state index in [1.165, 1.54) is 5.56 Å². The molecule has 1 aliphatic rings. The fourth-order valence-corrected chi connectivity index (χ4v) is 3.40. The first-order valence-electron chi connectivity index (χ1n) is 9.46. The van der Waals surface area contributed by atoms with Crippen LogP contribution in [0.3, 0.4) is 0 Å². The van der Waals surface area contributed by atoms with Crippen molar-refractivity contribution >= 4 is 29.1 Å². The molecule has 3 aromatic rings. The number of halogens is 1. The van der Waals surface area contributed by atoms with E-state index in [1.807, 2.05) is 31.2 Å². The first-order chi connectivity index (χ1) is 14.1. The number of nitrogens with one attached hydrogen (secondary N) is 1. The second-order valence-corrected chi connectivity index (χ2v) is 7.48. The van der Waals surface area contributed by atoms with Gasteiger partial charge in [-0.1, -0.05) is 34.4 Å². The molecule has 0 radical (unpaired) electrons. The predicted octanol–water partition coefficient (Wildman–Crippen LogP) is 2.38. The summed E-state index contributed by atoms with van der Waals surface area (Å²) >= 11 is 5.88. The maximum absolute atomic E-state index is 12.3. The molecule has 0 bridgehead atoms. The van der Waals surface area contributed by atoms with Crippen LogP contribution in [0.25, 0.3) is 5.69 Å². The molecule has 1 fully saturated rings. The van der Waals surface area contributed by atoms with E-state index in [2.05, 4.69) is 30.6 Å². The molecule has 0 atom stereocenters. The topological polar surface area (TPSA) is 79.2 Å². The van der Waals surface area contributed by atoms with Gasteiger partial charge in [0.1, 0.15) is 0 Å². The monoisotopic (exact) mass is 411 g/mol. The Morgan fingerprint density at radius 3 is 2.41 bits per heavy atom. The normalized spacial score (nSPS) is 14.8. The van der Waals surface area contributed by atoms with Gasteiger partial charge < -0.3 is 10.2 Å². The van der Waals surface area contributed by atoms with Gasteiger partial charge in [0.25, 0.3) is 0 Å². The molecule has 9 heteroatoms. The molecule has 0 spiro atoms. The minimum absolute atomic E-state index is 0.0368. The summed E-state index contributed by atoms with van der Waals surface area (Å²) < 4.78 is 1.75. The number of tetrazole rings is 1. The van der Waals surface area contributed by atoms with Crippen molar-refractivity contribution in [1.29, 1.82) is 0 Å². The zero-order valence-corrected chi connectivity index (χ0v) is 16.9. The maximum atomic E-state index is 12.3. The lowest BCUT2D eigenvalue weighted by Crippen LogP contribution is -2.49. The summed E-state index contributed by atoms with van der Waals surface area (Å²) in [5, 5.41) is 15.7. The number of benzene rings is 2. The second-order valence-electron chi connectivity index (χ2n) is 7.04. The maximum Gasteiger partial charge on any atom is 0.250 e. The molecule has 0 aliphatic carbocycles. The molecule has 2 aromatic carbocycles. The molecule has 0 saturated carbocycles. The van der Waals surface area contributed by atoms with E-state index in [9.17, 15) is 4.79 Å². The summed E-state index contributed by atoms with van der Waals surface area (Å²) in [5.74, 6) is 0.685. The van der Waals surface area contributed by atoms with Gasteiger partial charge in [0.2, 0.25) is 11.9 Å². The summed E-state index contributed by atoms with van der Waals surface area (Å²) in [5.41, 5.74) is 2.87. The highest BCUT2D eigenvalue weighted by molar-refractivity contribution is 6.30. The van der Waals surface area contributed by atoms with Crippen LogP contribution in [0.15, 0.2) is 48.5 Å². The molecular formula is C20H22ClN7O. The predicted molar refractivity (Wildman–Crippen MR) is 113 cm³/mol. The number of carbonyl (C=O) groups is 1. The Bertz CT molecular complexity index is 963. The quantitative estimate of drug-likeness (QED) is 0.694. The average molecular weight is 412 g/mol. The van der Waals surface area contributed by atoms with Gasteiger partial charge in [0, 0.05) is 36.9 Å². The van der Waals surface area contributed by atoms with Crippen LogP contribution in [0.2, 0.25) is 5.02 Å². The fourth-order valence-electron chi connectivity index (χ4n) is 3.28. The van der Waals surface area contributed by atoms with Gasteiger partial charge in [-0.15, -0.1) is 0 Å². The number of anilines is 2. The molecule has 150 valence electrons. The molecule has 4 rings (SSSR count). The Morgan fingerprint density at radius 2 is 1.72 bits per heavy atom.